The van der Waals surface area contributed by atoms with E-state index in [-0.39, 0.29) is 6.10 Å². The molecule has 7 unspecified atom stereocenters. The molecule has 0 aliphatic heterocycles. The van der Waals surface area contributed by atoms with E-state index in [9.17, 15) is 5.11 Å². The van der Waals surface area contributed by atoms with Crippen molar-refractivity contribution < 1.29 is 5.11 Å². The van der Waals surface area contributed by atoms with Crippen molar-refractivity contribution in [3.8, 4) is 10.4 Å². The molecule has 0 spiro atoms. The topological polar surface area (TPSA) is 33.1 Å². The molecule has 1 aromatic carbocycles. The molecule has 4 aliphatic carbocycles. The van der Waals surface area contributed by atoms with E-state index in [2.05, 4.69) is 56.5 Å². The van der Waals surface area contributed by atoms with E-state index in [4.69, 9.17) is 4.98 Å². The molecule has 0 radical (unpaired) electrons. The number of aliphatic hydroxyl groups is 1. The van der Waals surface area contributed by atoms with Gasteiger partial charge in [0.2, 0.25) is 0 Å². The third kappa shape index (κ3) is 3.03. The highest BCUT2D eigenvalue weighted by Crippen LogP contribution is 2.68. The van der Waals surface area contributed by atoms with Gasteiger partial charge in [-0.1, -0.05) is 55.8 Å². The Bertz CT molecular complexity index is 995. The normalized spacial score (nSPS) is 41.8. The van der Waals surface area contributed by atoms with Gasteiger partial charge in [-0.25, -0.2) is 4.98 Å². The number of aliphatic hydroxyl groups excluding tert-OH is 1. The molecule has 1 N–H and O–H groups in total. The van der Waals surface area contributed by atoms with Crippen molar-refractivity contribution in [2.75, 3.05) is 0 Å². The number of fused-ring (bicyclic) bond motifs is 5. The predicted molar refractivity (Wildman–Crippen MR) is 128 cm³/mol. The summed E-state index contributed by atoms with van der Waals surface area (Å²) in [7, 11) is 0. The first-order chi connectivity index (χ1) is 15.0. The molecule has 2 aromatic rings. The largest absolute Gasteiger partial charge is 0.393 e. The zero-order valence-electron chi connectivity index (χ0n) is 18.9. The smallest absolute Gasteiger partial charge is 0.0967 e. The van der Waals surface area contributed by atoms with Crippen molar-refractivity contribution >= 4 is 11.3 Å². The van der Waals surface area contributed by atoms with Crippen LogP contribution in [0.4, 0.5) is 0 Å². The molecule has 0 amide bonds. The van der Waals surface area contributed by atoms with Gasteiger partial charge in [0.05, 0.1) is 16.0 Å². The van der Waals surface area contributed by atoms with Gasteiger partial charge in [-0.15, -0.1) is 11.3 Å². The van der Waals surface area contributed by atoms with Crippen molar-refractivity contribution in [2.24, 2.45) is 28.6 Å². The lowest BCUT2D eigenvalue weighted by atomic mass is 9.47. The molecule has 31 heavy (non-hydrogen) atoms. The van der Waals surface area contributed by atoms with Crippen LogP contribution in [0.15, 0.2) is 48.2 Å². The SMILES string of the molecule is CC12CCC(O)CC1=CCC1C2CCC2(C)C(c3ncc(-c4ccccc4)s3)CCC12. The molecule has 3 saturated carbocycles. The molecule has 3 heteroatoms. The Morgan fingerprint density at radius 2 is 1.84 bits per heavy atom. The number of rotatable bonds is 2. The van der Waals surface area contributed by atoms with Crippen LogP contribution in [-0.2, 0) is 0 Å². The second-order valence-corrected chi connectivity index (χ2v) is 12.3. The van der Waals surface area contributed by atoms with Crippen LogP contribution in [0, 0.1) is 28.6 Å². The minimum absolute atomic E-state index is 0.107. The van der Waals surface area contributed by atoms with E-state index in [0.717, 1.165) is 30.6 Å². The maximum absolute atomic E-state index is 10.2. The van der Waals surface area contributed by atoms with E-state index in [1.165, 1.54) is 54.0 Å². The van der Waals surface area contributed by atoms with Crippen LogP contribution in [0.5, 0.6) is 0 Å². The summed E-state index contributed by atoms with van der Waals surface area (Å²) in [4.78, 5) is 6.30. The van der Waals surface area contributed by atoms with Gasteiger partial charge < -0.3 is 5.11 Å². The highest BCUT2D eigenvalue weighted by molar-refractivity contribution is 7.15. The molecule has 0 bridgehead atoms. The Labute approximate surface area is 190 Å². The molecule has 7 atom stereocenters. The molecule has 1 aromatic heterocycles. The first-order valence-electron chi connectivity index (χ1n) is 12.4. The highest BCUT2D eigenvalue weighted by atomic mass is 32.1. The fraction of sp³-hybridized carbons (Fsp3) is 0.607. The first kappa shape index (κ1) is 20.2. The van der Waals surface area contributed by atoms with E-state index >= 15 is 0 Å². The van der Waals surface area contributed by atoms with Gasteiger partial charge in [-0.2, -0.15) is 0 Å². The summed E-state index contributed by atoms with van der Waals surface area (Å²) in [6.07, 6.45) is 14.3. The lowest BCUT2D eigenvalue weighted by Crippen LogP contribution is -2.50. The summed E-state index contributed by atoms with van der Waals surface area (Å²) < 4.78 is 0. The average molecular weight is 434 g/mol. The maximum atomic E-state index is 10.2. The van der Waals surface area contributed by atoms with Crippen molar-refractivity contribution in [2.45, 2.75) is 77.2 Å². The summed E-state index contributed by atoms with van der Waals surface area (Å²) in [6.45, 7) is 5.13. The summed E-state index contributed by atoms with van der Waals surface area (Å²) in [5.74, 6) is 3.07. The Balaban J connectivity index is 1.29. The van der Waals surface area contributed by atoms with Crippen LogP contribution in [-0.4, -0.2) is 16.2 Å². The second kappa shape index (κ2) is 7.28. The van der Waals surface area contributed by atoms with Crippen LogP contribution in [0.25, 0.3) is 10.4 Å². The average Bonchev–Trinajstić information content (AvgIpc) is 3.39. The molecule has 6 rings (SSSR count). The van der Waals surface area contributed by atoms with Crippen LogP contribution in [0.3, 0.4) is 0 Å². The number of aromatic nitrogens is 1. The van der Waals surface area contributed by atoms with Crippen LogP contribution in [0.2, 0.25) is 0 Å². The number of hydrogen-bond donors (Lipinski definition) is 1. The Morgan fingerprint density at radius 3 is 2.68 bits per heavy atom. The number of hydrogen-bond acceptors (Lipinski definition) is 3. The Kier molecular flexibility index (Phi) is 4.74. The van der Waals surface area contributed by atoms with Crippen molar-refractivity contribution in [3.05, 3.63) is 53.2 Å². The summed E-state index contributed by atoms with van der Waals surface area (Å²) in [6, 6.07) is 10.7. The van der Waals surface area contributed by atoms with Crippen LogP contribution >= 0.6 is 11.3 Å². The molecule has 3 fully saturated rings. The Morgan fingerprint density at radius 1 is 1.00 bits per heavy atom. The number of benzene rings is 1. The number of nitrogens with zero attached hydrogens (tertiary/aromatic N) is 1. The predicted octanol–water partition coefficient (Wildman–Crippen LogP) is 7.22. The van der Waals surface area contributed by atoms with Gasteiger partial charge in [0, 0.05) is 12.1 Å². The van der Waals surface area contributed by atoms with E-state index < -0.39 is 0 Å². The first-order valence-corrected chi connectivity index (χ1v) is 13.2. The van der Waals surface area contributed by atoms with E-state index in [0.29, 0.717) is 16.7 Å². The van der Waals surface area contributed by atoms with Gasteiger partial charge in [0.15, 0.2) is 0 Å². The number of allylic oxidation sites excluding steroid dienone is 1. The monoisotopic (exact) mass is 433 g/mol. The molecular formula is C28H35NOS. The highest BCUT2D eigenvalue weighted by Gasteiger charge is 2.59. The van der Waals surface area contributed by atoms with Gasteiger partial charge in [-0.3, -0.25) is 0 Å². The third-order valence-corrected chi connectivity index (χ3v) is 11.1. The van der Waals surface area contributed by atoms with E-state index in [1.54, 1.807) is 5.57 Å². The fourth-order valence-electron chi connectivity index (χ4n) is 8.23. The van der Waals surface area contributed by atoms with Crippen LogP contribution in [0.1, 0.15) is 76.1 Å². The zero-order valence-corrected chi connectivity index (χ0v) is 19.7. The molecular weight excluding hydrogens is 398 g/mol. The van der Waals surface area contributed by atoms with Gasteiger partial charge >= 0.3 is 0 Å². The standard InChI is InChI=1S/C28H35NOS/c1-27-14-12-20(30)16-19(27)8-9-21-22-10-11-24(28(22,2)15-13-23(21)27)26-29-17-25(31-26)18-6-4-3-5-7-18/h3-8,17,20-24,30H,9-16H2,1-2H3. The lowest BCUT2D eigenvalue weighted by molar-refractivity contribution is -0.0409. The molecule has 0 saturated heterocycles. The summed E-state index contributed by atoms with van der Waals surface area (Å²) >= 11 is 1.93. The molecule has 4 aliphatic rings. The third-order valence-electron chi connectivity index (χ3n) is 9.96. The molecule has 2 nitrogen and oxygen atoms in total. The molecule has 164 valence electrons. The minimum atomic E-state index is -0.107. The molecule has 1 heterocycles. The minimum Gasteiger partial charge on any atom is -0.393 e. The summed E-state index contributed by atoms with van der Waals surface area (Å²) in [5.41, 5.74) is 3.61. The summed E-state index contributed by atoms with van der Waals surface area (Å²) in [5, 5.41) is 11.6. The van der Waals surface area contributed by atoms with Gasteiger partial charge in [-0.05, 0) is 85.5 Å². The van der Waals surface area contributed by atoms with Gasteiger partial charge in [0.1, 0.15) is 0 Å². The van der Waals surface area contributed by atoms with Crippen molar-refractivity contribution in [1.29, 1.82) is 0 Å². The maximum Gasteiger partial charge on any atom is 0.0967 e. The zero-order chi connectivity index (χ0) is 21.2. The number of thiazole rings is 1. The van der Waals surface area contributed by atoms with Crippen molar-refractivity contribution in [3.63, 3.8) is 0 Å². The van der Waals surface area contributed by atoms with E-state index in [1.807, 2.05) is 11.3 Å². The van der Waals surface area contributed by atoms with Crippen LogP contribution < -0.4 is 0 Å². The Hall–Kier alpha value is -1.45. The van der Waals surface area contributed by atoms with Gasteiger partial charge in [0.25, 0.3) is 0 Å². The van der Waals surface area contributed by atoms with Crippen molar-refractivity contribution in [1.82, 2.24) is 4.98 Å². The second-order valence-electron chi connectivity index (χ2n) is 11.3. The lowest BCUT2D eigenvalue weighted by Gasteiger charge is -2.58. The fourth-order valence-corrected chi connectivity index (χ4v) is 9.45. The quantitative estimate of drug-likeness (QED) is 0.507.